The van der Waals surface area contributed by atoms with Gasteiger partial charge in [-0.3, -0.25) is 4.68 Å². The number of aromatic amines is 1. The summed E-state index contributed by atoms with van der Waals surface area (Å²) in [6, 6.07) is 11.2. The molecule has 2 N–H and O–H groups in total. The maximum Gasteiger partial charge on any atom is 0.148 e. The normalized spacial score (nSPS) is 14.9. The Balaban J connectivity index is 1.85. The van der Waals surface area contributed by atoms with Crippen molar-refractivity contribution in [3.63, 3.8) is 0 Å². The van der Waals surface area contributed by atoms with Crippen LogP contribution >= 0.6 is 0 Å². The van der Waals surface area contributed by atoms with E-state index in [-0.39, 0.29) is 0 Å². The summed E-state index contributed by atoms with van der Waals surface area (Å²) in [5.74, 6) is 0.981. The van der Waals surface area contributed by atoms with E-state index in [9.17, 15) is 0 Å². The molecule has 2 heterocycles. The number of hydrogen-bond donors (Lipinski definition) is 2. The van der Waals surface area contributed by atoms with E-state index in [0.717, 1.165) is 11.5 Å². The molecule has 1 aliphatic carbocycles. The first-order valence-corrected chi connectivity index (χ1v) is 7.10. The molecule has 0 atom stereocenters. The smallest absolute Gasteiger partial charge is 0.148 e. The second-order valence-corrected chi connectivity index (χ2v) is 5.63. The molecule has 1 fully saturated rings. The van der Waals surface area contributed by atoms with Crippen LogP contribution in [0.1, 0.15) is 18.5 Å². The van der Waals surface area contributed by atoms with Crippen LogP contribution in [0, 0.1) is 6.92 Å². The largest absolute Gasteiger partial charge is 0.366 e. The van der Waals surface area contributed by atoms with Gasteiger partial charge in [0.15, 0.2) is 0 Å². The van der Waals surface area contributed by atoms with E-state index in [4.69, 9.17) is 0 Å². The molecule has 0 aliphatic heterocycles. The summed E-state index contributed by atoms with van der Waals surface area (Å²) in [4.78, 5) is 3.45. The number of hydrogen-bond acceptors (Lipinski definition) is 2. The van der Waals surface area contributed by atoms with Crippen LogP contribution in [-0.4, -0.2) is 20.8 Å². The molecule has 20 heavy (non-hydrogen) atoms. The lowest BCUT2D eigenvalue weighted by atomic mass is 10.1. The van der Waals surface area contributed by atoms with Crippen LogP contribution < -0.4 is 5.32 Å². The molecule has 0 spiro atoms. The predicted octanol–water partition coefficient (Wildman–Crippen LogP) is 3.45. The van der Waals surface area contributed by atoms with Crippen LogP contribution in [0.5, 0.6) is 0 Å². The van der Waals surface area contributed by atoms with Crippen molar-refractivity contribution in [3.8, 4) is 11.3 Å². The Labute approximate surface area is 117 Å². The molecular weight excluding hydrogens is 248 g/mol. The molecule has 0 unspecified atom stereocenters. The SMILES string of the molecule is Cc1[nH]c2ccccc2c1-c1cc(NC2CC2)nn1C. The lowest BCUT2D eigenvalue weighted by Gasteiger charge is -2.01. The number of aryl methyl sites for hydroxylation is 2. The highest BCUT2D eigenvalue weighted by Crippen LogP contribution is 2.34. The van der Waals surface area contributed by atoms with Crippen molar-refractivity contribution in [2.75, 3.05) is 5.32 Å². The van der Waals surface area contributed by atoms with Crippen molar-refractivity contribution in [1.29, 1.82) is 0 Å². The monoisotopic (exact) mass is 266 g/mol. The van der Waals surface area contributed by atoms with Crippen molar-refractivity contribution >= 4 is 16.7 Å². The predicted molar refractivity (Wildman–Crippen MR) is 81.9 cm³/mol. The minimum absolute atomic E-state index is 0.627. The Bertz CT molecular complexity index is 777. The summed E-state index contributed by atoms with van der Waals surface area (Å²) in [5.41, 5.74) is 4.77. The Morgan fingerprint density at radius 1 is 1.30 bits per heavy atom. The minimum Gasteiger partial charge on any atom is -0.366 e. The second kappa shape index (κ2) is 4.13. The Morgan fingerprint density at radius 3 is 2.90 bits per heavy atom. The fourth-order valence-electron chi connectivity index (χ4n) is 2.82. The summed E-state index contributed by atoms with van der Waals surface area (Å²) in [5, 5.41) is 9.31. The van der Waals surface area contributed by atoms with E-state index in [1.165, 1.54) is 35.0 Å². The van der Waals surface area contributed by atoms with Crippen molar-refractivity contribution < 1.29 is 0 Å². The Morgan fingerprint density at radius 2 is 2.10 bits per heavy atom. The first-order chi connectivity index (χ1) is 9.72. The third-order valence-electron chi connectivity index (χ3n) is 3.96. The van der Waals surface area contributed by atoms with Crippen LogP contribution in [0.4, 0.5) is 5.82 Å². The molecule has 3 aromatic rings. The average Bonchev–Trinajstić information content (AvgIpc) is 3.07. The first-order valence-electron chi connectivity index (χ1n) is 7.10. The Kier molecular flexibility index (Phi) is 2.39. The van der Waals surface area contributed by atoms with E-state index in [0.29, 0.717) is 6.04 Å². The van der Waals surface area contributed by atoms with Crippen LogP contribution in [-0.2, 0) is 7.05 Å². The van der Waals surface area contributed by atoms with Gasteiger partial charge in [0.2, 0.25) is 0 Å². The van der Waals surface area contributed by atoms with E-state index in [2.05, 4.69) is 52.7 Å². The maximum absolute atomic E-state index is 4.59. The number of rotatable bonds is 3. The van der Waals surface area contributed by atoms with Gasteiger partial charge in [-0.05, 0) is 25.8 Å². The highest BCUT2D eigenvalue weighted by Gasteiger charge is 2.23. The summed E-state index contributed by atoms with van der Waals surface area (Å²) in [6.07, 6.45) is 2.52. The topological polar surface area (TPSA) is 45.6 Å². The molecule has 0 bridgehead atoms. The molecule has 102 valence electrons. The molecule has 1 aliphatic rings. The zero-order valence-electron chi connectivity index (χ0n) is 11.8. The van der Waals surface area contributed by atoms with Crippen molar-refractivity contribution in [2.45, 2.75) is 25.8 Å². The molecule has 4 heteroatoms. The van der Waals surface area contributed by atoms with Crippen molar-refractivity contribution in [1.82, 2.24) is 14.8 Å². The molecule has 0 amide bonds. The van der Waals surface area contributed by atoms with Crippen LogP contribution in [0.25, 0.3) is 22.2 Å². The standard InChI is InChI=1S/C16H18N4/c1-10-16(12-5-3-4-6-13(12)17-10)14-9-15(19-20(14)2)18-11-7-8-11/h3-6,9,11,17H,7-8H2,1-2H3,(H,18,19). The number of benzene rings is 1. The van der Waals surface area contributed by atoms with Crippen molar-refractivity contribution in [2.24, 2.45) is 7.05 Å². The van der Waals surface area contributed by atoms with E-state index >= 15 is 0 Å². The highest BCUT2D eigenvalue weighted by atomic mass is 15.3. The Hall–Kier alpha value is -2.23. The average molecular weight is 266 g/mol. The number of para-hydroxylation sites is 1. The number of fused-ring (bicyclic) bond motifs is 1. The lowest BCUT2D eigenvalue weighted by Crippen LogP contribution is -2.02. The van der Waals surface area contributed by atoms with E-state index in [1.54, 1.807) is 0 Å². The third kappa shape index (κ3) is 1.80. The third-order valence-corrected chi connectivity index (χ3v) is 3.96. The summed E-state index contributed by atoms with van der Waals surface area (Å²) >= 11 is 0. The van der Waals surface area contributed by atoms with Gasteiger partial charge in [0.25, 0.3) is 0 Å². The number of nitrogens with one attached hydrogen (secondary N) is 2. The van der Waals surface area contributed by atoms with Gasteiger partial charge in [0.05, 0.1) is 5.69 Å². The molecule has 1 saturated carbocycles. The molecule has 4 rings (SSSR count). The van der Waals surface area contributed by atoms with Gasteiger partial charge < -0.3 is 10.3 Å². The second-order valence-electron chi connectivity index (χ2n) is 5.63. The van der Waals surface area contributed by atoms with Gasteiger partial charge in [0, 0.05) is 41.3 Å². The molecule has 0 saturated heterocycles. The van der Waals surface area contributed by atoms with E-state index in [1.807, 2.05) is 11.7 Å². The van der Waals surface area contributed by atoms with Gasteiger partial charge in [-0.1, -0.05) is 18.2 Å². The number of anilines is 1. The highest BCUT2D eigenvalue weighted by molar-refractivity contribution is 5.96. The summed E-state index contributed by atoms with van der Waals surface area (Å²) in [6.45, 7) is 2.12. The molecule has 4 nitrogen and oxygen atoms in total. The van der Waals surface area contributed by atoms with E-state index < -0.39 is 0 Å². The number of nitrogens with zero attached hydrogens (tertiary/aromatic N) is 2. The number of H-pyrrole nitrogens is 1. The first kappa shape index (κ1) is 11.6. The van der Waals surface area contributed by atoms with Crippen LogP contribution in [0.3, 0.4) is 0 Å². The lowest BCUT2D eigenvalue weighted by molar-refractivity contribution is 0.776. The fourth-order valence-corrected chi connectivity index (χ4v) is 2.82. The molecule has 0 radical (unpaired) electrons. The molecule has 1 aromatic carbocycles. The van der Waals surface area contributed by atoms with Crippen LogP contribution in [0.15, 0.2) is 30.3 Å². The zero-order valence-corrected chi connectivity index (χ0v) is 11.8. The minimum atomic E-state index is 0.627. The van der Waals surface area contributed by atoms with Crippen LogP contribution in [0.2, 0.25) is 0 Å². The van der Waals surface area contributed by atoms with Gasteiger partial charge >= 0.3 is 0 Å². The summed E-state index contributed by atoms with van der Waals surface area (Å²) < 4.78 is 1.97. The van der Waals surface area contributed by atoms with Gasteiger partial charge in [0.1, 0.15) is 5.82 Å². The zero-order chi connectivity index (χ0) is 13.7. The summed E-state index contributed by atoms with van der Waals surface area (Å²) in [7, 11) is 2.01. The van der Waals surface area contributed by atoms with Gasteiger partial charge in [-0.2, -0.15) is 5.10 Å². The number of aromatic nitrogens is 3. The fraction of sp³-hybridized carbons (Fsp3) is 0.312. The van der Waals surface area contributed by atoms with Gasteiger partial charge in [-0.15, -0.1) is 0 Å². The molecule has 2 aromatic heterocycles. The van der Waals surface area contributed by atoms with Gasteiger partial charge in [-0.25, -0.2) is 0 Å². The molecular formula is C16H18N4. The maximum atomic E-state index is 4.59. The van der Waals surface area contributed by atoms with Crippen molar-refractivity contribution in [3.05, 3.63) is 36.0 Å². The quantitative estimate of drug-likeness (QED) is 0.762.